The first-order chi connectivity index (χ1) is 17.5. The summed E-state index contributed by atoms with van der Waals surface area (Å²) in [7, 11) is 0. The number of furan rings is 1. The Bertz CT molecular complexity index is 1410. The topological polar surface area (TPSA) is 55.0 Å². The molecule has 0 spiro atoms. The third-order valence-corrected chi connectivity index (χ3v) is 7.65. The Labute approximate surface area is 223 Å². The highest BCUT2D eigenvalue weighted by molar-refractivity contribution is 7.16. The first-order valence-corrected chi connectivity index (χ1v) is 13.3. The number of fused-ring (bicyclic) bond motifs is 1. The quantitative estimate of drug-likeness (QED) is 0.178. The predicted octanol–water partition coefficient (Wildman–Crippen LogP) is 7.80. The molecule has 2 aromatic heterocycles. The van der Waals surface area contributed by atoms with E-state index in [2.05, 4.69) is 34.2 Å². The minimum absolute atomic E-state index is 0.316. The number of esters is 1. The van der Waals surface area contributed by atoms with Gasteiger partial charge in [-0.3, -0.25) is 4.90 Å². The summed E-state index contributed by atoms with van der Waals surface area (Å²) in [4.78, 5) is 21.1. The van der Waals surface area contributed by atoms with Gasteiger partial charge in [-0.05, 0) is 54.8 Å². The van der Waals surface area contributed by atoms with Crippen molar-refractivity contribution in [1.82, 2.24) is 4.90 Å². The smallest absolute Gasteiger partial charge is 0.341 e. The van der Waals surface area contributed by atoms with Crippen molar-refractivity contribution in [3.8, 4) is 11.3 Å². The summed E-state index contributed by atoms with van der Waals surface area (Å²) in [6.07, 6.45) is 2.41. The van der Waals surface area contributed by atoms with E-state index in [9.17, 15) is 4.79 Å². The summed E-state index contributed by atoms with van der Waals surface area (Å²) < 4.78 is 11.3. The molecule has 0 radical (unpaired) electrons. The van der Waals surface area contributed by atoms with Crippen molar-refractivity contribution in [2.24, 2.45) is 4.99 Å². The maximum absolute atomic E-state index is 12.9. The molecular weight excluding hydrogens is 515 g/mol. The first-order valence-electron chi connectivity index (χ1n) is 11.7. The maximum atomic E-state index is 12.9. The molecule has 8 heteroatoms. The molecule has 0 amide bonds. The Morgan fingerprint density at radius 1 is 1.17 bits per heavy atom. The number of nitrogens with zero attached hydrogens (tertiary/aromatic N) is 2. The fraction of sp³-hybridized carbons (Fsp3) is 0.214. The van der Waals surface area contributed by atoms with Gasteiger partial charge in [0.1, 0.15) is 16.5 Å². The van der Waals surface area contributed by atoms with Gasteiger partial charge in [0.25, 0.3) is 0 Å². The molecule has 1 aliphatic rings. The average molecular weight is 539 g/mol. The number of rotatable bonds is 7. The Hall–Kier alpha value is -2.90. The number of aliphatic imine (C=N–C) groups is 1. The second-order valence-corrected chi connectivity index (χ2v) is 10.4. The van der Waals surface area contributed by atoms with Crippen LogP contribution in [0.5, 0.6) is 0 Å². The molecule has 5 rings (SSSR count). The second-order valence-electron chi connectivity index (χ2n) is 8.44. The number of carbonyl (C=O) groups excluding carboxylic acids is 1. The maximum Gasteiger partial charge on any atom is 0.341 e. The van der Waals surface area contributed by atoms with Crippen molar-refractivity contribution in [2.45, 2.75) is 26.4 Å². The lowest BCUT2D eigenvalue weighted by Gasteiger charge is -2.27. The van der Waals surface area contributed by atoms with E-state index in [-0.39, 0.29) is 5.97 Å². The fourth-order valence-corrected chi connectivity index (χ4v) is 6.03. The third-order valence-electron chi connectivity index (χ3n) is 5.98. The van der Waals surface area contributed by atoms with E-state index in [1.807, 2.05) is 31.2 Å². The summed E-state index contributed by atoms with van der Waals surface area (Å²) in [6.45, 7) is 4.64. The molecule has 4 aromatic rings. The number of halogens is 2. The molecule has 0 atom stereocenters. The molecule has 0 fully saturated rings. The van der Waals surface area contributed by atoms with E-state index in [4.69, 9.17) is 32.4 Å². The molecular formula is C28H24Cl2N2O3S. The number of benzene rings is 2. The largest absolute Gasteiger partial charge is 0.462 e. The van der Waals surface area contributed by atoms with Crippen molar-refractivity contribution in [3.63, 3.8) is 0 Å². The Kier molecular flexibility index (Phi) is 7.58. The Morgan fingerprint density at radius 3 is 2.78 bits per heavy atom. The summed E-state index contributed by atoms with van der Waals surface area (Å²) in [5.41, 5.74) is 3.64. The van der Waals surface area contributed by atoms with Gasteiger partial charge in [0.05, 0.1) is 23.4 Å². The van der Waals surface area contributed by atoms with Crippen molar-refractivity contribution < 1.29 is 13.9 Å². The van der Waals surface area contributed by atoms with Gasteiger partial charge in [-0.1, -0.05) is 53.5 Å². The average Bonchev–Trinajstić information content (AvgIpc) is 3.47. The van der Waals surface area contributed by atoms with E-state index >= 15 is 0 Å². The molecule has 0 saturated heterocycles. The Balaban J connectivity index is 1.40. The van der Waals surface area contributed by atoms with Crippen LogP contribution >= 0.6 is 34.5 Å². The number of ether oxygens (including phenoxy) is 1. The van der Waals surface area contributed by atoms with Gasteiger partial charge in [0.15, 0.2) is 0 Å². The van der Waals surface area contributed by atoms with Crippen LogP contribution in [-0.2, 0) is 24.2 Å². The molecule has 184 valence electrons. The minimum Gasteiger partial charge on any atom is -0.462 e. The lowest BCUT2D eigenvalue weighted by atomic mass is 10.0. The fourth-order valence-electron chi connectivity index (χ4n) is 4.30. The predicted molar refractivity (Wildman–Crippen MR) is 146 cm³/mol. The highest BCUT2D eigenvalue weighted by Gasteiger charge is 2.28. The van der Waals surface area contributed by atoms with Crippen LogP contribution in [0, 0.1) is 0 Å². The van der Waals surface area contributed by atoms with Crippen LogP contribution in [0.15, 0.2) is 70.1 Å². The van der Waals surface area contributed by atoms with E-state index in [1.54, 1.807) is 18.3 Å². The zero-order valence-electron chi connectivity index (χ0n) is 19.7. The molecule has 36 heavy (non-hydrogen) atoms. The van der Waals surface area contributed by atoms with Gasteiger partial charge >= 0.3 is 5.97 Å². The van der Waals surface area contributed by atoms with Crippen LogP contribution < -0.4 is 0 Å². The number of thiophene rings is 1. The second kappa shape index (κ2) is 11.0. The zero-order chi connectivity index (χ0) is 25.1. The molecule has 0 N–H and O–H groups in total. The number of carbonyl (C=O) groups is 1. The van der Waals surface area contributed by atoms with Crippen LogP contribution in [-0.4, -0.2) is 30.2 Å². The molecule has 0 unspecified atom stereocenters. The van der Waals surface area contributed by atoms with Gasteiger partial charge in [0, 0.05) is 35.1 Å². The monoisotopic (exact) mass is 538 g/mol. The van der Waals surface area contributed by atoms with Gasteiger partial charge in [-0.25, -0.2) is 9.79 Å². The highest BCUT2D eigenvalue weighted by atomic mass is 35.5. The normalized spacial score (nSPS) is 13.8. The summed E-state index contributed by atoms with van der Waals surface area (Å²) in [5.74, 6) is 0.848. The van der Waals surface area contributed by atoms with Crippen molar-refractivity contribution in [2.75, 3.05) is 13.2 Å². The van der Waals surface area contributed by atoms with Crippen LogP contribution in [0.1, 0.15) is 39.0 Å². The molecule has 1 aliphatic heterocycles. The van der Waals surface area contributed by atoms with Gasteiger partial charge < -0.3 is 9.15 Å². The van der Waals surface area contributed by atoms with Crippen molar-refractivity contribution in [1.29, 1.82) is 0 Å². The van der Waals surface area contributed by atoms with Crippen molar-refractivity contribution >= 4 is 51.7 Å². The SMILES string of the molecule is CCOC(=O)c1c(N=Cc2ccc(-c3ccc(Cl)cc3Cl)o2)sc2c1CCN(Cc1ccccc1)C2. The van der Waals surface area contributed by atoms with E-state index in [1.165, 1.54) is 16.9 Å². The summed E-state index contributed by atoms with van der Waals surface area (Å²) in [6, 6.07) is 19.3. The van der Waals surface area contributed by atoms with E-state index in [0.717, 1.165) is 42.1 Å². The molecule has 0 bridgehead atoms. The lowest BCUT2D eigenvalue weighted by Crippen LogP contribution is -2.29. The van der Waals surface area contributed by atoms with Crippen molar-refractivity contribution in [3.05, 3.63) is 98.0 Å². The summed E-state index contributed by atoms with van der Waals surface area (Å²) in [5, 5.41) is 1.71. The van der Waals surface area contributed by atoms with Crippen LogP contribution in [0.4, 0.5) is 5.00 Å². The van der Waals surface area contributed by atoms with Gasteiger partial charge in [-0.2, -0.15) is 0 Å². The van der Waals surface area contributed by atoms with Crippen LogP contribution in [0.3, 0.4) is 0 Å². The zero-order valence-corrected chi connectivity index (χ0v) is 22.0. The first kappa shape index (κ1) is 24.8. The molecule has 2 aromatic carbocycles. The van der Waals surface area contributed by atoms with E-state index < -0.39 is 0 Å². The highest BCUT2D eigenvalue weighted by Crippen LogP contribution is 2.40. The molecule has 0 aliphatic carbocycles. The number of hydrogen-bond donors (Lipinski definition) is 0. The van der Waals surface area contributed by atoms with Gasteiger partial charge in [0.2, 0.25) is 0 Å². The standard InChI is InChI=1S/C28H24Cl2N2O3S/c1-2-34-28(33)26-22-12-13-32(16-18-6-4-3-5-7-18)17-25(22)36-27(26)31-15-20-9-11-24(35-20)21-10-8-19(29)14-23(21)30/h3-11,14-15H,2,12-13,16-17H2,1H3. The molecule has 0 saturated carbocycles. The molecule has 5 nitrogen and oxygen atoms in total. The minimum atomic E-state index is -0.327. The van der Waals surface area contributed by atoms with Crippen LogP contribution in [0.2, 0.25) is 10.0 Å². The van der Waals surface area contributed by atoms with Gasteiger partial charge in [-0.15, -0.1) is 11.3 Å². The number of hydrogen-bond acceptors (Lipinski definition) is 6. The Morgan fingerprint density at radius 2 is 2.00 bits per heavy atom. The third kappa shape index (κ3) is 5.42. The molecule has 3 heterocycles. The van der Waals surface area contributed by atoms with E-state index in [0.29, 0.717) is 38.7 Å². The summed E-state index contributed by atoms with van der Waals surface area (Å²) >= 11 is 13.9. The van der Waals surface area contributed by atoms with Crippen LogP contribution in [0.25, 0.3) is 11.3 Å². The lowest BCUT2D eigenvalue weighted by molar-refractivity contribution is 0.0526.